The molecular weight excluding hydrogens is 160 g/mol. The minimum Gasteiger partial charge on any atom is -0.480 e. The maximum atomic E-state index is 10.5. The Morgan fingerprint density at radius 3 is 2.25 bits per heavy atom. The number of carboxylic acid groups (broad SMARTS) is 1. The van der Waals surface area contributed by atoms with Gasteiger partial charge in [0.1, 0.15) is 6.04 Å². The third-order valence-corrected chi connectivity index (χ3v) is 1.24. The van der Waals surface area contributed by atoms with Crippen molar-refractivity contribution in [1.29, 1.82) is 0 Å². The fraction of sp³-hybridized carbons (Fsp3) is 0.714. The fourth-order valence-corrected chi connectivity index (χ4v) is 0.821. The number of carbonyl (C=O) groups is 2. The summed E-state index contributed by atoms with van der Waals surface area (Å²) in [5.41, 5.74) is 4.86. The highest BCUT2D eigenvalue weighted by atomic mass is 16.4. The molecule has 4 N–H and O–H groups in total. The van der Waals surface area contributed by atoms with Gasteiger partial charge in [-0.15, -0.1) is 0 Å². The third kappa shape index (κ3) is 4.68. The number of amides is 1. The number of aliphatic carboxylic acids is 1. The van der Waals surface area contributed by atoms with Crippen molar-refractivity contribution in [2.24, 2.45) is 5.73 Å². The minimum atomic E-state index is -1.05. The lowest BCUT2D eigenvalue weighted by molar-refractivity contribution is -0.141. The topological polar surface area (TPSA) is 92.4 Å². The first-order valence-corrected chi connectivity index (χ1v) is 3.70. The molecular formula is C7H14N2O3. The second kappa shape index (κ2) is 4.71. The van der Waals surface area contributed by atoms with Crippen LogP contribution in [0, 0.1) is 0 Å². The quantitative estimate of drug-likeness (QED) is 0.514. The molecule has 0 saturated carbocycles. The normalized spacial score (nSPS) is 12.9. The first kappa shape index (κ1) is 10.9. The van der Waals surface area contributed by atoms with Crippen LogP contribution in [0.2, 0.25) is 0 Å². The lowest BCUT2D eigenvalue weighted by atomic mass is 10.2. The Hall–Kier alpha value is -1.10. The van der Waals surface area contributed by atoms with Gasteiger partial charge in [-0.3, -0.25) is 9.59 Å². The van der Waals surface area contributed by atoms with Crippen molar-refractivity contribution >= 4 is 11.9 Å². The summed E-state index contributed by atoms with van der Waals surface area (Å²) in [6, 6.07) is -0.854. The maximum Gasteiger partial charge on any atom is 0.321 e. The van der Waals surface area contributed by atoms with E-state index in [1.807, 2.05) is 0 Å². The van der Waals surface area contributed by atoms with Crippen LogP contribution >= 0.6 is 0 Å². The number of carboxylic acids is 1. The van der Waals surface area contributed by atoms with Crippen molar-refractivity contribution in [3.63, 3.8) is 0 Å². The molecule has 1 atom stereocenters. The van der Waals surface area contributed by atoms with E-state index in [4.69, 9.17) is 10.8 Å². The van der Waals surface area contributed by atoms with Crippen LogP contribution in [0.3, 0.4) is 0 Å². The number of nitrogens with one attached hydrogen (secondary N) is 1. The van der Waals surface area contributed by atoms with E-state index in [-0.39, 0.29) is 12.5 Å². The predicted octanol–water partition coefficient (Wildman–Crippen LogP) is -0.687. The molecule has 12 heavy (non-hydrogen) atoms. The van der Waals surface area contributed by atoms with Gasteiger partial charge in [-0.05, 0) is 0 Å². The zero-order valence-corrected chi connectivity index (χ0v) is 7.20. The number of nitrogens with two attached hydrogens (primary N) is 1. The van der Waals surface area contributed by atoms with Crippen LogP contribution < -0.4 is 11.1 Å². The van der Waals surface area contributed by atoms with E-state index in [1.54, 1.807) is 13.8 Å². The number of hydrogen-bond acceptors (Lipinski definition) is 3. The SMILES string of the molecule is CC(C)NC(CC(N)=O)C(=O)O. The molecule has 0 fully saturated rings. The van der Waals surface area contributed by atoms with Gasteiger partial charge < -0.3 is 16.2 Å². The smallest absolute Gasteiger partial charge is 0.321 e. The number of primary amides is 1. The highest BCUT2D eigenvalue weighted by Crippen LogP contribution is 1.93. The molecule has 0 bridgehead atoms. The second-order valence-electron chi connectivity index (χ2n) is 2.88. The van der Waals surface area contributed by atoms with Gasteiger partial charge in [0, 0.05) is 6.04 Å². The van der Waals surface area contributed by atoms with Crippen molar-refractivity contribution in [3.05, 3.63) is 0 Å². The summed E-state index contributed by atoms with van der Waals surface area (Å²) in [7, 11) is 0. The molecule has 5 heteroatoms. The molecule has 0 aromatic heterocycles. The highest BCUT2D eigenvalue weighted by Gasteiger charge is 2.19. The van der Waals surface area contributed by atoms with E-state index in [0.717, 1.165) is 0 Å². The van der Waals surface area contributed by atoms with Gasteiger partial charge in [0.15, 0.2) is 0 Å². The summed E-state index contributed by atoms with van der Waals surface area (Å²) in [6.45, 7) is 3.61. The summed E-state index contributed by atoms with van der Waals surface area (Å²) in [5.74, 6) is -1.67. The van der Waals surface area contributed by atoms with Crippen LogP contribution in [-0.2, 0) is 9.59 Å². The molecule has 1 amide bonds. The Kier molecular flexibility index (Phi) is 4.28. The van der Waals surface area contributed by atoms with Gasteiger partial charge in [0.25, 0.3) is 0 Å². The van der Waals surface area contributed by atoms with Gasteiger partial charge >= 0.3 is 5.97 Å². The highest BCUT2D eigenvalue weighted by molar-refractivity contribution is 5.83. The molecule has 0 aliphatic heterocycles. The molecule has 0 saturated heterocycles. The van der Waals surface area contributed by atoms with E-state index in [2.05, 4.69) is 5.32 Å². The lowest BCUT2D eigenvalue weighted by Gasteiger charge is -2.15. The predicted molar refractivity (Wildman–Crippen MR) is 43.5 cm³/mol. The average Bonchev–Trinajstić information content (AvgIpc) is 1.83. The Morgan fingerprint density at radius 1 is 1.50 bits per heavy atom. The Balaban J connectivity index is 4.04. The van der Waals surface area contributed by atoms with Gasteiger partial charge in [0.2, 0.25) is 5.91 Å². The molecule has 0 rings (SSSR count). The maximum absolute atomic E-state index is 10.5. The van der Waals surface area contributed by atoms with Crippen molar-refractivity contribution in [3.8, 4) is 0 Å². The summed E-state index contributed by atoms with van der Waals surface area (Å²) < 4.78 is 0. The van der Waals surface area contributed by atoms with Crippen LogP contribution in [0.25, 0.3) is 0 Å². The Bertz CT molecular complexity index is 179. The standard InChI is InChI=1S/C7H14N2O3/c1-4(2)9-5(7(11)12)3-6(8)10/h4-5,9H,3H2,1-2H3,(H2,8,10)(H,11,12). The second-order valence-corrected chi connectivity index (χ2v) is 2.88. The first-order chi connectivity index (χ1) is 5.43. The van der Waals surface area contributed by atoms with Gasteiger partial charge in [-0.2, -0.15) is 0 Å². The summed E-state index contributed by atoms with van der Waals surface area (Å²) >= 11 is 0. The van der Waals surface area contributed by atoms with E-state index in [9.17, 15) is 9.59 Å². The lowest BCUT2D eigenvalue weighted by Crippen LogP contribution is -2.43. The van der Waals surface area contributed by atoms with E-state index in [0.29, 0.717) is 0 Å². The van der Waals surface area contributed by atoms with Crippen molar-refractivity contribution in [2.75, 3.05) is 0 Å². The van der Waals surface area contributed by atoms with Crippen LogP contribution in [0.4, 0.5) is 0 Å². The number of carbonyl (C=O) groups excluding carboxylic acids is 1. The average molecular weight is 174 g/mol. The third-order valence-electron chi connectivity index (χ3n) is 1.24. The van der Waals surface area contributed by atoms with Crippen LogP contribution in [-0.4, -0.2) is 29.1 Å². The molecule has 0 spiro atoms. The minimum absolute atomic E-state index is 0.0189. The molecule has 0 heterocycles. The molecule has 0 aromatic carbocycles. The van der Waals surface area contributed by atoms with Crippen molar-refractivity contribution in [1.82, 2.24) is 5.32 Å². The van der Waals surface area contributed by atoms with Gasteiger partial charge in [-0.1, -0.05) is 13.8 Å². The summed E-state index contributed by atoms with van der Waals surface area (Å²) in [5, 5.41) is 11.3. The van der Waals surface area contributed by atoms with Crippen LogP contribution in [0.5, 0.6) is 0 Å². The first-order valence-electron chi connectivity index (χ1n) is 3.70. The Morgan fingerprint density at radius 2 is 2.00 bits per heavy atom. The van der Waals surface area contributed by atoms with E-state index >= 15 is 0 Å². The molecule has 5 nitrogen and oxygen atoms in total. The number of hydrogen-bond donors (Lipinski definition) is 3. The summed E-state index contributed by atoms with van der Waals surface area (Å²) in [6.07, 6.45) is -0.173. The fourth-order valence-electron chi connectivity index (χ4n) is 0.821. The molecule has 0 radical (unpaired) electrons. The van der Waals surface area contributed by atoms with E-state index in [1.165, 1.54) is 0 Å². The van der Waals surface area contributed by atoms with Crippen LogP contribution in [0.15, 0.2) is 0 Å². The van der Waals surface area contributed by atoms with Crippen molar-refractivity contribution < 1.29 is 14.7 Å². The van der Waals surface area contributed by atoms with Crippen LogP contribution in [0.1, 0.15) is 20.3 Å². The van der Waals surface area contributed by atoms with Crippen molar-refractivity contribution in [2.45, 2.75) is 32.4 Å². The molecule has 0 aromatic rings. The van der Waals surface area contributed by atoms with Gasteiger partial charge in [-0.25, -0.2) is 0 Å². The molecule has 70 valence electrons. The molecule has 0 aliphatic rings. The zero-order valence-electron chi connectivity index (χ0n) is 7.20. The zero-order chi connectivity index (χ0) is 9.72. The number of rotatable bonds is 5. The Labute approximate surface area is 70.9 Å². The monoisotopic (exact) mass is 174 g/mol. The molecule has 0 aliphatic carbocycles. The van der Waals surface area contributed by atoms with E-state index < -0.39 is 17.9 Å². The summed E-state index contributed by atoms with van der Waals surface area (Å²) in [4.78, 5) is 20.9. The van der Waals surface area contributed by atoms with Gasteiger partial charge in [0.05, 0.1) is 6.42 Å². The molecule has 1 unspecified atom stereocenters. The largest absolute Gasteiger partial charge is 0.480 e.